The summed E-state index contributed by atoms with van der Waals surface area (Å²) < 4.78 is 25.7. The molecule has 2 fully saturated rings. The zero-order valence-corrected chi connectivity index (χ0v) is 28.7. The van der Waals surface area contributed by atoms with Crippen molar-refractivity contribution in [3.63, 3.8) is 0 Å². The Balaban J connectivity index is 1.80. The Morgan fingerprint density at radius 3 is 2.40 bits per heavy atom. The van der Waals surface area contributed by atoms with Gasteiger partial charge in [-0.15, -0.1) is 6.58 Å². The van der Waals surface area contributed by atoms with Gasteiger partial charge in [-0.3, -0.25) is 9.69 Å². The van der Waals surface area contributed by atoms with Crippen LogP contribution in [0.3, 0.4) is 0 Å². The van der Waals surface area contributed by atoms with E-state index in [1.807, 2.05) is 35.2 Å². The van der Waals surface area contributed by atoms with Crippen molar-refractivity contribution in [1.29, 1.82) is 0 Å². The molecule has 0 radical (unpaired) electrons. The first kappa shape index (κ1) is 33.3. The van der Waals surface area contributed by atoms with Crippen LogP contribution in [-0.4, -0.2) is 60.2 Å². The summed E-state index contributed by atoms with van der Waals surface area (Å²) in [7, 11) is -0.512. The van der Waals surface area contributed by atoms with E-state index < -0.39 is 20.2 Å². The Labute approximate surface area is 252 Å². The number of carbonyl (C=O) groups is 1. The second-order valence-electron chi connectivity index (χ2n) is 13.8. The zero-order valence-electron chi connectivity index (χ0n) is 26.0. The molecule has 2 saturated heterocycles. The van der Waals surface area contributed by atoms with Gasteiger partial charge in [-0.05, 0) is 55.4 Å². The highest BCUT2D eigenvalue weighted by molar-refractivity contribution is 8.23. The van der Waals surface area contributed by atoms with E-state index in [1.54, 1.807) is 18.9 Å². The van der Waals surface area contributed by atoms with Crippen molar-refractivity contribution in [2.45, 2.75) is 116 Å². The van der Waals surface area contributed by atoms with Crippen molar-refractivity contribution in [1.82, 2.24) is 4.90 Å². The van der Waals surface area contributed by atoms with Crippen LogP contribution >= 0.6 is 24.0 Å². The second kappa shape index (κ2) is 12.6. The number of nitrogens with zero attached hydrogens (tertiary/aromatic N) is 1. The third kappa shape index (κ3) is 7.58. The van der Waals surface area contributed by atoms with Crippen molar-refractivity contribution in [3.8, 4) is 5.75 Å². The molecule has 224 valence electrons. The zero-order chi connectivity index (χ0) is 30.1. The third-order valence-corrected chi connectivity index (χ3v) is 14.6. The van der Waals surface area contributed by atoms with Crippen LogP contribution in [0.5, 0.6) is 5.75 Å². The number of benzene rings is 1. The highest BCUT2D eigenvalue weighted by atomic mass is 32.2. The standard InChI is InChI=1S/C31H49NO5S2Si/c1-12-25-31(8,36-27(35-25)21-13-15-22(34-9)16-14-21)18-17-23(37-40(10,11)30(5,6)7)19-26(33)32-24(29(2,3)4)20-39-28(32)38/h12-16,23-25,27H,1,17-20H2,2-11H3/t23-,24+,25-,27?,31+/m0/s1. The number of ether oxygens (including phenoxy) is 3. The Kier molecular flexibility index (Phi) is 10.4. The van der Waals surface area contributed by atoms with Crippen LogP contribution < -0.4 is 4.74 Å². The summed E-state index contributed by atoms with van der Waals surface area (Å²) in [6.45, 7) is 23.8. The summed E-state index contributed by atoms with van der Waals surface area (Å²) in [5.41, 5.74) is 0.251. The van der Waals surface area contributed by atoms with Gasteiger partial charge in [-0.25, -0.2) is 0 Å². The maximum absolute atomic E-state index is 13.8. The molecule has 40 heavy (non-hydrogen) atoms. The summed E-state index contributed by atoms with van der Waals surface area (Å²) in [6, 6.07) is 7.80. The van der Waals surface area contributed by atoms with Crippen LogP contribution in [0.25, 0.3) is 0 Å². The van der Waals surface area contributed by atoms with E-state index in [9.17, 15) is 4.79 Å². The van der Waals surface area contributed by atoms with Crippen molar-refractivity contribution in [3.05, 3.63) is 42.5 Å². The molecule has 0 spiro atoms. The van der Waals surface area contributed by atoms with Crippen LogP contribution in [0.1, 0.15) is 79.6 Å². The lowest BCUT2D eigenvalue weighted by atomic mass is 9.86. The van der Waals surface area contributed by atoms with E-state index >= 15 is 0 Å². The fourth-order valence-electron chi connectivity index (χ4n) is 4.90. The van der Waals surface area contributed by atoms with Gasteiger partial charge in [0.05, 0.1) is 31.3 Å². The molecule has 0 saturated carbocycles. The Morgan fingerprint density at radius 1 is 1.25 bits per heavy atom. The lowest BCUT2D eigenvalue weighted by Gasteiger charge is -2.41. The number of amides is 1. The van der Waals surface area contributed by atoms with Crippen LogP contribution in [0.4, 0.5) is 0 Å². The van der Waals surface area contributed by atoms with Gasteiger partial charge in [0, 0.05) is 11.3 Å². The lowest BCUT2D eigenvalue weighted by molar-refractivity contribution is -0.132. The van der Waals surface area contributed by atoms with E-state index in [0.717, 1.165) is 17.1 Å². The predicted octanol–water partition coefficient (Wildman–Crippen LogP) is 7.89. The van der Waals surface area contributed by atoms with Crippen molar-refractivity contribution in [2.75, 3.05) is 12.9 Å². The quantitative estimate of drug-likeness (QED) is 0.152. The topological polar surface area (TPSA) is 57.2 Å². The summed E-state index contributed by atoms with van der Waals surface area (Å²) in [5.74, 6) is 1.66. The minimum atomic E-state index is -2.16. The van der Waals surface area contributed by atoms with Gasteiger partial charge in [0.1, 0.15) is 16.2 Å². The third-order valence-electron chi connectivity index (χ3n) is 8.62. The average molecular weight is 608 g/mol. The number of carbonyl (C=O) groups excluding carboxylic acids is 1. The van der Waals surface area contributed by atoms with Crippen molar-refractivity contribution in [2.24, 2.45) is 5.41 Å². The van der Waals surface area contributed by atoms with Gasteiger partial charge in [0.25, 0.3) is 0 Å². The summed E-state index contributed by atoms with van der Waals surface area (Å²) >= 11 is 7.24. The molecule has 2 aliphatic rings. The van der Waals surface area contributed by atoms with E-state index in [-0.39, 0.29) is 41.0 Å². The first-order valence-corrected chi connectivity index (χ1v) is 18.5. The molecule has 0 aromatic heterocycles. The van der Waals surface area contributed by atoms with Gasteiger partial charge >= 0.3 is 0 Å². The molecule has 1 aromatic rings. The molecule has 1 aromatic carbocycles. The number of rotatable bonds is 10. The van der Waals surface area contributed by atoms with Crippen LogP contribution in [0, 0.1) is 5.41 Å². The fraction of sp³-hybridized carbons (Fsp3) is 0.677. The Morgan fingerprint density at radius 2 is 1.88 bits per heavy atom. The highest BCUT2D eigenvalue weighted by Gasteiger charge is 2.47. The maximum Gasteiger partial charge on any atom is 0.230 e. The number of thiocarbonyl (C=S) groups is 1. The number of methoxy groups -OCH3 is 1. The van der Waals surface area contributed by atoms with Crippen LogP contribution in [0.2, 0.25) is 18.1 Å². The number of hydrogen-bond donors (Lipinski definition) is 0. The molecule has 5 atom stereocenters. The van der Waals surface area contributed by atoms with E-state index in [2.05, 4.69) is 68.1 Å². The Hall–Kier alpha value is -1.23. The van der Waals surface area contributed by atoms with E-state index in [0.29, 0.717) is 17.2 Å². The van der Waals surface area contributed by atoms with Gasteiger partial charge in [0.15, 0.2) is 14.6 Å². The van der Waals surface area contributed by atoms with Gasteiger partial charge < -0.3 is 18.6 Å². The normalized spacial score (nSPS) is 26.7. The monoisotopic (exact) mass is 607 g/mol. The van der Waals surface area contributed by atoms with E-state index in [4.69, 9.17) is 30.9 Å². The maximum atomic E-state index is 13.8. The summed E-state index contributed by atoms with van der Waals surface area (Å²) in [4.78, 5) is 15.7. The molecule has 0 N–H and O–H groups in total. The molecule has 2 aliphatic heterocycles. The lowest BCUT2D eigenvalue weighted by Crippen LogP contribution is -2.49. The molecule has 3 rings (SSSR count). The summed E-state index contributed by atoms with van der Waals surface area (Å²) in [6.07, 6.45) is 2.36. The van der Waals surface area contributed by atoms with Crippen molar-refractivity contribution >= 4 is 42.5 Å². The highest BCUT2D eigenvalue weighted by Crippen LogP contribution is 2.44. The second-order valence-corrected chi connectivity index (χ2v) is 20.2. The Bertz CT molecular complexity index is 1060. The smallest absolute Gasteiger partial charge is 0.230 e. The molecular formula is C31H49NO5S2Si. The molecular weight excluding hydrogens is 559 g/mol. The number of hydrogen-bond acceptors (Lipinski definition) is 7. The molecule has 2 heterocycles. The molecule has 1 amide bonds. The SMILES string of the molecule is C=C[C@@H]1OC(c2ccc(OC)cc2)O[C@]1(C)CC[C@@H](CC(=O)N1C(=S)SC[C@@H]1C(C)(C)C)O[Si](C)(C)C(C)(C)C. The van der Waals surface area contributed by atoms with Crippen molar-refractivity contribution < 1.29 is 23.4 Å². The van der Waals surface area contributed by atoms with Crippen LogP contribution in [-0.2, 0) is 18.7 Å². The van der Waals surface area contributed by atoms with Gasteiger partial charge in [-0.2, -0.15) is 0 Å². The molecule has 0 aliphatic carbocycles. The largest absolute Gasteiger partial charge is 0.497 e. The predicted molar refractivity (Wildman–Crippen MR) is 171 cm³/mol. The molecule has 6 nitrogen and oxygen atoms in total. The average Bonchev–Trinajstić information content (AvgIpc) is 3.42. The number of thioether (sulfide) groups is 1. The first-order chi connectivity index (χ1) is 18.4. The molecule has 0 bridgehead atoms. The molecule has 9 heteroatoms. The minimum absolute atomic E-state index is 0.0149. The van der Waals surface area contributed by atoms with Gasteiger partial charge in [0.2, 0.25) is 5.91 Å². The minimum Gasteiger partial charge on any atom is -0.497 e. The molecule has 1 unspecified atom stereocenters. The van der Waals surface area contributed by atoms with Gasteiger partial charge in [-0.1, -0.05) is 83.7 Å². The van der Waals surface area contributed by atoms with Crippen LogP contribution in [0.15, 0.2) is 36.9 Å². The first-order valence-electron chi connectivity index (χ1n) is 14.2. The fourth-order valence-corrected chi connectivity index (χ4v) is 8.04. The van der Waals surface area contributed by atoms with E-state index in [1.165, 1.54) is 0 Å². The summed E-state index contributed by atoms with van der Waals surface area (Å²) in [5, 5.41) is 0.0149.